The number of hydrogen-bond donors (Lipinski definition) is 1. The van der Waals surface area contributed by atoms with Gasteiger partial charge < -0.3 is 10.1 Å². The van der Waals surface area contributed by atoms with Crippen molar-refractivity contribution in [3.63, 3.8) is 0 Å². The number of halogens is 1. The number of rotatable bonds is 6. The number of amides is 1. The normalized spacial score (nSPS) is 13.0. The van der Waals surface area contributed by atoms with Crippen LogP contribution in [0.3, 0.4) is 0 Å². The Balaban J connectivity index is 1.90. The topological polar surface area (TPSA) is 55.4 Å². The van der Waals surface area contributed by atoms with Gasteiger partial charge in [-0.2, -0.15) is 0 Å². The Labute approximate surface area is 153 Å². The summed E-state index contributed by atoms with van der Waals surface area (Å²) in [5, 5.41) is 3.31. The summed E-state index contributed by atoms with van der Waals surface area (Å²) in [7, 11) is 0. The van der Waals surface area contributed by atoms with Crippen molar-refractivity contribution in [1.82, 2.24) is 0 Å². The predicted molar refractivity (Wildman–Crippen MR) is 99.8 cm³/mol. The molecule has 2 aromatic carbocycles. The summed E-state index contributed by atoms with van der Waals surface area (Å²) in [5.41, 5.74) is 2.44. The minimum atomic E-state index is -0.881. The van der Waals surface area contributed by atoms with Crippen molar-refractivity contribution in [2.24, 2.45) is 0 Å². The van der Waals surface area contributed by atoms with Gasteiger partial charge in [0.1, 0.15) is 0 Å². The number of esters is 1. The third-order valence-electron chi connectivity index (χ3n) is 4.04. The summed E-state index contributed by atoms with van der Waals surface area (Å²) in [6.07, 6.45) is -0.661. The molecule has 2 aromatic rings. The number of carbonyl (C=O) groups excluding carboxylic acids is 2. The molecule has 2 rings (SSSR count). The number of hydrogen-bond acceptors (Lipinski definition) is 3. The van der Waals surface area contributed by atoms with Crippen molar-refractivity contribution in [3.8, 4) is 0 Å². The Morgan fingerprint density at radius 3 is 2.44 bits per heavy atom. The second kappa shape index (κ2) is 8.67. The maximum atomic E-state index is 12.2. The SMILES string of the molecule is Cc1c(Cl)cccc1NC(=O)[C@H](C)OC(=O)C[C@@H](C)c1ccccc1. The molecule has 2 atom stereocenters. The van der Waals surface area contributed by atoms with E-state index in [1.807, 2.05) is 44.2 Å². The molecule has 0 spiro atoms. The minimum Gasteiger partial charge on any atom is -0.453 e. The summed E-state index contributed by atoms with van der Waals surface area (Å²) < 4.78 is 5.26. The van der Waals surface area contributed by atoms with E-state index in [4.69, 9.17) is 16.3 Å². The molecule has 0 saturated carbocycles. The molecular weight excluding hydrogens is 338 g/mol. The van der Waals surface area contributed by atoms with Gasteiger partial charge in [0.05, 0.1) is 6.42 Å². The largest absolute Gasteiger partial charge is 0.453 e. The average molecular weight is 360 g/mol. The number of benzene rings is 2. The summed E-state index contributed by atoms with van der Waals surface area (Å²) in [6.45, 7) is 5.33. The van der Waals surface area contributed by atoms with E-state index in [0.717, 1.165) is 11.1 Å². The Bertz CT molecular complexity index is 746. The summed E-state index contributed by atoms with van der Waals surface area (Å²) >= 11 is 6.04. The van der Waals surface area contributed by atoms with Crippen LogP contribution in [0, 0.1) is 6.92 Å². The molecule has 0 aliphatic rings. The summed E-state index contributed by atoms with van der Waals surface area (Å²) in [6, 6.07) is 15.0. The third kappa shape index (κ3) is 5.33. The van der Waals surface area contributed by atoms with Crippen LogP contribution in [0.25, 0.3) is 0 Å². The van der Waals surface area contributed by atoms with Gasteiger partial charge in [-0.25, -0.2) is 0 Å². The molecule has 0 heterocycles. The van der Waals surface area contributed by atoms with Crippen molar-refractivity contribution in [1.29, 1.82) is 0 Å². The van der Waals surface area contributed by atoms with Crippen LogP contribution in [-0.4, -0.2) is 18.0 Å². The first kappa shape index (κ1) is 19.0. The molecule has 0 unspecified atom stereocenters. The highest BCUT2D eigenvalue weighted by atomic mass is 35.5. The number of nitrogens with one attached hydrogen (secondary N) is 1. The van der Waals surface area contributed by atoms with E-state index in [1.165, 1.54) is 0 Å². The van der Waals surface area contributed by atoms with Crippen molar-refractivity contribution >= 4 is 29.2 Å². The number of anilines is 1. The van der Waals surface area contributed by atoms with Crippen LogP contribution in [0.4, 0.5) is 5.69 Å². The smallest absolute Gasteiger partial charge is 0.307 e. The van der Waals surface area contributed by atoms with Crippen LogP contribution >= 0.6 is 11.6 Å². The molecule has 0 saturated heterocycles. The molecule has 25 heavy (non-hydrogen) atoms. The zero-order valence-electron chi connectivity index (χ0n) is 14.6. The Morgan fingerprint density at radius 2 is 1.76 bits per heavy atom. The Hall–Kier alpha value is -2.33. The first-order chi connectivity index (χ1) is 11.9. The van der Waals surface area contributed by atoms with Gasteiger partial charge in [0.2, 0.25) is 0 Å². The maximum Gasteiger partial charge on any atom is 0.307 e. The first-order valence-electron chi connectivity index (χ1n) is 8.19. The number of carbonyl (C=O) groups is 2. The molecule has 0 aromatic heterocycles. The zero-order chi connectivity index (χ0) is 18.4. The van der Waals surface area contributed by atoms with Crippen molar-refractivity contribution < 1.29 is 14.3 Å². The summed E-state index contributed by atoms with van der Waals surface area (Å²) in [5.74, 6) is -0.757. The minimum absolute atomic E-state index is 0.0270. The lowest BCUT2D eigenvalue weighted by Crippen LogP contribution is -2.30. The van der Waals surface area contributed by atoms with Gasteiger partial charge in [-0.05, 0) is 43.0 Å². The lowest BCUT2D eigenvalue weighted by atomic mass is 9.98. The lowest BCUT2D eigenvalue weighted by molar-refractivity contribution is -0.153. The van der Waals surface area contributed by atoms with Crippen molar-refractivity contribution in [2.45, 2.75) is 39.2 Å². The first-order valence-corrected chi connectivity index (χ1v) is 8.56. The van der Waals surface area contributed by atoms with E-state index >= 15 is 0 Å². The molecule has 5 heteroatoms. The van der Waals surface area contributed by atoms with E-state index in [0.29, 0.717) is 10.7 Å². The van der Waals surface area contributed by atoms with Gasteiger partial charge in [0.25, 0.3) is 5.91 Å². The third-order valence-corrected chi connectivity index (χ3v) is 4.45. The van der Waals surface area contributed by atoms with Crippen molar-refractivity contribution in [3.05, 3.63) is 64.7 Å². The quantitative estimate of drug-likeness (QED) is 0.760. The zero-order valence-corrected chi connectivity index (χ0v) is 15.3. The van der Waals surface area contributed by atoms with Crippen LogP contribution in [0.2, 0.25) is 5.02 Å². The highest BCUT2D eigenvalue weighted by molar-refractivity contribution is 6.31. The molecule has 0 fully saturated rings. The van der Waals surface area contributed by atoms with E-state index in [2.05, 4.69) is 5.32 Å². The second-order valence-corrected chi connectivity index (χ2v) is 6.46. The molecule has 0 bridgehead atoms. The highest BCUT2D eigenvalue weighted by Gasteiger charge is 2.20. The van der Waals surface area contributed by atoms with E-state index in [-0.39, 0.29) is 18.2 Å². The summed E-state index contributed by atoms with van der Waals surface area (Å²) in [4.78, 5) is 24.3. The molecule has 1 amide bonds. The van der Waals surface area contributed by atoms with Crippen LogP contribution < -0.4 is 5.32 Å². The fraction of sp³-hybridized carbons (Fsp3) is 0.300. The second-order valence-electron chi connectivity index (χ2n) is 6.05. The van der Waals surface area contributed by atoms with Gasteiger partial charge in [0, 0.05) is 10.7 Å². The molecular formula is C20H22ClNO3. The van der Waals surface area contributed by atoms with Crippen LogP contribution in [0.5, 0.6) is 0 Å². The van der Waals surface area contributed by atoms with E-state index in [1.54, 1.807) is 25.1 Å². The van der Waals surface area contributed by atoms with Gasteiger partial charge in [-0.15, -0.1) is 0 Å². The Morgan fingerprint density at radius 1 is 1.08 bits per heavy atom. The molecule has 4 nitrogen and oxygen atoms in total. The molecule has 1 N–H and O–H groups in total. The standard InChI is InChI=1S/C20H22ClNO3/c1-13(16-8-5-4-6-9-16)12-19(23)25-15(3)20(24)22-18-11-7-10-17(21)14(18)2/h4-11,13,15H,12H2,1-3H3,(H,22,24)/t13-,15+/m1/s1. The van der Waals surface area contributed by atoms with Crippen LogP contribution in [-0.2, 0) is 14.3 Å². The van der Waals surface area contributed by atoms with Crippen LogP contribution in [0.1, 0.15) is 37.3 Å². The molecule has 0 aliphatic carbocycles. The molecule has 0 radical (unpaired) electrons. The lowest BCUT2D eigenvalue weighted by Gasteiger charge is -2.17. The van der Waals surface area contributed by atoms with Gasteiger partial charge in [-0.3, -0.25) is 9.59 Å². The van der Waals surface area contributed by atoms with Gasteiger partial charge in [0.15, 0.2) is 6.10 Å². The van der Waals surface area contributed by atoms with Gasteiger partial charge in [-0.1, -0.05) is 54.9 Å². The van der Waals surface area contributed by atoms with Gasteiger partial charge >= 0.3 is 5.97 Å². The van der Waals surface area contributed by atoms with E-state index in [9.17, 15) is 9.59 Å². The van der Waals surface area contributed by atoms with Crippen LogP contribution in [0.15, 0.2) is 48.5 Å². The molecule has 0 aliphatic heterocycles. The average Bonchev–Trinajstić information content (AvgIpc) is 2.59. The number of ether oxygens (including phenoxy) is 1. The predicted octanol–water partition coefficient (Wildman–Crippen LogP) is 4.71. The van der Waals surface area contributed by atoms with E-state index < -0.39 is 12.1 Å². The fourth-order valence-electron chi connectivity index (χ4n) is 2.43. The Kier molecular flexibility index (Phi) is 6.59. The highest BCUT2D eigenvalue weighted by Crippen LogP contribution is 2.23. The van der Waals surface area contributed by atoms with Crippen molar-refractivity contribution in [2.75, 3.05) is 5.32 Å². The fourth-order valence-corrected chi connectivity index (χ4v) is 2.60. The monoisotopic (exact) mass is 359 g/mol. The maximum absolute atomic E-state index is 12.2. The molecule has 132 valence electrons.